The molecule has 0 saturated carbocycles. The topological polar surface area (TPSA) is 9.23 Å². The van der Waals surface area contributed by atoms with Gasteiger partial charge in [0.2, 0.25) is 0 Å². The fourth-order valence-electron chi connectivity index (χ4n) is 2.39. The van der Waals surface area contributed by atoms with Crippen LogP contribution in [0.25, 0.3) is 16.7 Å². The van der Waals surface area contributed by atoms with E-state index in [-0.39, 0.29) is 0 Å². The Bertz CT molecular complexity index is 633. The maximum atomic E-state index is 5.52. The van der Waals surface area contributed by atoms with Crippen LogP contribution >= 0.6 is 0 Å². The quantitative estimate of drug-likeness (QED) is 0.676. The maximum absolute atomic E-state index is 5.52. The molecule has 0 aliphatic heterocycles. The van der Waals surface area contributed by atoms with Gasteiger partial charge >= 0.3 is 0 Å². The predicted molar refractivity (Wildman–Crippen MR) is 91.8 cm³/mol. The lowest BCUT2D eigenvalue weighted by molar-refractivity contribution is 0.416. The largest absolute Gasteiger partial charge is 0.496 e. The molecule has 0 radical (unpaired) electrons. The van der Waals surface area contributed by atoms with E-state index in [1.165, 1.54) is 22.3 Å². The molecule has 2 aromatic carbocycles. The summed E-state index contributed by atoms with van der Waals surface area (Å²) in [6.45, 7) is 8.63. The minimum atomic E-state index is 0.513. The van der Waals surface area contributed by atoms with Gasteiger partial charge in [0.05, 0.1) is 7.11 Å². The number of allylic oxidation sites excluding steroid dienone is 2. The number of ether oxygens (including phenoxy) is 1. The Morgan fingerprint density at radius 3 is 2.24 bits per heavy atom. The number of benzene rings is 2. The Balaban J connectivity index is 2.47. The van der Waals surface area contributed by atoms with Gasteiger partial charge in [0.25, 0.3) is 0 Å². The van der Waals surface area contributed by atoms with Crippen LogP contribution < -0.4 is 4.74 Å². The third-order valence-corrected chi connectivity index (χ3v) is 3.97. The SMILES string of the molecule is CC=C(C)c1ccc(-c2cc(C(C)C)ccc2OC)cc1. The number of hydrogen-bond acceptors (Lipinski definition) is 1. The normalized spacial score (nSPS) is 11.8. The second-order valence-corrected chi connectivity index (χ2v) is 5.66. The van der Waals surface area contributed by atoms with Crippen LogP contribution in [-0.4, -0.2) is 7.11 Å². The van der Waals surface area contributed by atoms with E-state index in [1.54, 1.807) is 7.11 Å². The van der Waals surface area contributed by atoms with E-state index in [0.717, 1.165) is 11.3 Å². The lowest BCUT2D eigenvalue weighted by atomic mass is 9.95. The van der Waals surface area contributed by atoms with Gasteiger partial charge in [-0.2, -0.15) is 0 Å². The van der Waals surface area contributed by atoms with E-state index < -0.39 is 0 Å². The van der Waals surface area contributed by atoms with Gasteiger partial charge in [0, 0.05) is 5.56 Å². The molecule has 2 rings (SSSR count). The van der Waals surface area contributed by atoms with Crippen LogP contribution in [-0.2, 0) is 0 Å². The van der Waals surface area contributed by atoms with Gasteiger partial charge < -0.3 is 4.74 Å². The second-order valence-electron chi connectivity index (χ2n) is 5.66. The maximum Gasteiger partial charge on any atom is 0.126 e. The van der Waals surface area contributed by atoms with E-state index in [1.807, 2.05) is 0 Å². The molecule has 2 aromatic rings. The summed E-state index contributed by atoms with van der Waals surface area (Å²) in [7, 11) is 1.73. The molecule has 0 atom stereocenters. The van der Waals surface area contributed by atoms with Crippen LogP contribution in [0.15, 0.2) is 48.5 Å². The zero-order valence-corrected chi connectivity index (χ0v) is 13.6. The van der Waals surface area contributed by atoms with Crippen molar-refractivity contribution in [3.05, 3.63) is 59.7 Å². The Kier molecular flexibility index (Phi) is 4.85. The standard InChI is InChI=1S/C20H24O/c1-6-15(4)16-7-9-17(10-8-16)19-13-18(14(2)3)11-12-20(19)21-5/h6-14H,1-5H3. The van der Waals surface area contributed by atoms with E-state index >= 15 is 0 Å². The van der Waals surface area contributed by atoms with Gasteiger partial charge in [0.1, 0.15) is 5.75 Å². The highest BCUT2D eigenvalue weighted by Gasteiger charge is 2.09. The van der Waals surface area contributed by atoms with Gasteiger partial charge in [-0.15, -0.1) is 0 Å². The van der Waals surface area contributed by atoms with Crippen molar-refractivity contribution in [2.75, 3.05) is 7.11 Å². The molecule has 0 aliphatic carbocycles. The van der Waals surface area contributed by atoms with Crippen molar-refractivity contribution in [3.8, 4) is 16.9 Å². The highest BCUT2D eigenvalue weighted by atomic mass is 16.5. The summed E-state index contributed by atoms with van der Waals surface area (Å²) >= 11 is 0. The predicted octanol–water partition coefficient (Wildman–Crippen LogP) is 5.91. The van der Waals surface area contributed by atoms with E-state index in [9.17, 15) is 0 Å². The van der Waals surface area contributed by atoms with Crippen LogP contribution in [0.3, 0.4) is 0 Å². The summed E-state index contributed by atoms with van der Waals surface area (Å²) < 4.78 is 5.52. The Morgan fingerprint density at radius 2 is 1.71 bits per heavy atom. The zero-order chi connectivity index (χ0) is 15.4. The minimum Gasteiger partial charge on any atom is -0.496 e. The van der Waals surface area contributed by atoms with Gasteiger partial charge in [-0.25, -0.2) is 0 Å². The molecule has 0 N–H and O–H groups in total. The fraction of sp³-hybridized carbons (Fsp3) is 0.300. The molecule has 0 amide bonds. The van der Waals surface area contributed by atoms with Crippen LogP contribution in [0.4, 0.5) is 0 Å². The van der Waals surface area contributed by atoms with Gasteiger partial charge in [-0.05, 0) is 54.2 Å². The van der Waals surface area contributed by atoms with Crippen molar-refractivity contribution >= 4 is 5.57 Å². The molecule has 0 heterocycles. The van der Waals surface area contributed by atoms with Crippen LogP contribution in [0.2, 0.25) is 0 Å². The molecular formula is C20H24O. The number of methoxy groups -OCH3 is 1. The minimum absolute atomic E-state index is 0.513. The smallest absolute Gasteiger partial charge is 0.126 e. The first-order valence-electron chi connectivity index (χ1n) is 7.48. The van der Waals surface area contributed by atoms with E-state index in [2.05, 4.69) is 76.2 Å². The fourth-order valence-corrected chi connectivity index (χ4v) is 2.39. The Labute approximate surface area is 128 Å². The molecule has 0 fully saturated rings. The third-order valence-electron chi connectivity index (χ3n) is 3.97. The highest BCUT2D eigenvalue weighted by Crippen LogP contribution is 2.33. The molecule has 0 saturated heterocycles. The zero-order valence-electron chi connectivity index (χ0n) is 13.6. The van der Waals surface area contributed by atoms with E-state index in [0.29, 0.717) is 5.92 Å². The van der Waals surface area contributed by atoms with Crippen molar-refractivity contribution in [2.45, 2.75) is 33.6 Å². The molecule has 1 nitrogen and oxygen atoms in total. The summed E-state index contributed by atoms with van der Waals surface area (Å²) in [5.41, 5.74) is 6.25. The number of hydrogen-bond donors (Lipinski definition) is 0. The first kappa shape index (κ1) is 15.4. The molecule has 0 bridgehead atoms. The Morgan fingerprint density at radius 1 is 1.05 bits per heavy atom. The second kappa shape index (κ2) is 6.62. The van der Waals surface area contributed by atoms with Gasteiger partial charge in [-0.3, -0.25) is 0 Å². The van der Waals surface area contributed by atoms with Crippen molar-refractivity contribution in [3.63, 3.8) is 0 Å². The lowest BCUT2D eigenvalue weighted by Gasteiger charge is -2.13. The summed E-state index contributed by atoms with van der Waals surface area (Å²) in [5, 5.41) is 0. The molecule has 0 aromatic heterocycles. The molecule has 0 spiro atoms. The lowest BCUT2D eigenvalue weighted by Crippen LogP contribution is -1.93. The van der Waals surface area contributed by atoms with Crippen LogP contribution in [0.1, 0.15) is 44.7 Å². The van der Waals surface area contributed by atoms with Crippen molar-refractivity contribution in [2.24, 2.45) is 0 Å². The molecular weight excluding hydrogens is 256 g/mol. The van der Waals surface area contributed by atoms with Gasteiger partial charge in [0.15, 0.2) is 0 Å². The van der Waals surface area contributed by atoms with Crippen LogP contribution in [0, 0.1) is 0 Å². The molecule has 110 valence electrons. The summed E-state index contributed by atoms with van der Waals surface area (Å²) in [4.78, 5) is 0. The molecule has 0 unspecified atom stereocenters. The average Bonchev–Trinajstić information content (AvgIpc) is 2.53. The van der Waals surface area contributed by atoms with Gasteiger partial charge in [-0.1, -0.05) is 50.3 Å². The van der Waals surface area contributed by atoms with Crippen molar-refractivity contribution < 1.29 is 4.74 Å². The third kappa shape index (κ3) is 3.36. The molecule has 1 heteroatoms. The summed E-state index contributed by atoms with van der Waals surface area (Å²) in [5.74, 6) is 1.44. The monoisotopic (exact) mass is 280 g/mol. The number of rotatable bonds is 4. The highest BCUT2D eigenvalue weighted by molar-refractivity contribution is 5.74. The summed E-state index contributed by atoms with van der Waals surface area (Å²) in [6, 6.07) is 15.1. The average molecular weight is 280 g/mol. The van der Waals surface area contributed by atoms with Crippen molar-refractivity contribution in [1.29, 1.82) is 0 Å². The first-order chi connectivity index (χ1) is 10.1. The summed E-state index contributed by atoms with van der Waals surface area (Å²) in [6.07, 6.45) is 2.13. The Hall–Kier alpha value is -2.02. The van der Waals surface area contributed by atoms with Crippen LogP contribution in [0.5, 0.6) is 5.75 Å². The first-order valence-corrected chi connectivity index (χ1v) is 7.48. The molecule has 0 aliphatic rings. The molecule has 21 heavy (non-hydrogen) atoms. The van der Waals surface area contributed by atoms with E-state index in [4.69, 9.17) is 4.74 Å². The van der Waals surface area contributed by atoms with Crippen molar-refractivity contribution in [1.82, 2.24) is 0 Å².